The minimum absolute atomic E-state index is 0.287. The van der Waals surface area contributed by atoms with Crippen LogP contribution in [0, 0.1) is 0 Å². The van der Waals surface area contributed by atoms with E-state index >= 15 is 0 Å². The molecule has 0 bridgehead atoms. The fourth-order valence-electron chi connectivity index (χ4n) is 10.2. The van der Waals surface area contributed by atoms with Gasteiger partial charge >= 0.3 is 0 Å². The summed E-state index contributed by atoms with van der Waals surface area (Å²) in [6.07, 6.45) is 3.67. The summed E-state index contributed by atoms with van der Waals surface area (Å²) in [4.78, 5) is 20.5. The average molecular weight is 835 g/mol. The Balaban J connectivity index is 1.07. The first kappa shape index (κ1) is 37.1. The molecule has 306 valence electrons. The Morgan fingerprint density at radius 2 is 0.877 bits per heavy atom. The molecular weight excluding hydrogens is 797 g/mol. The summed E-state index contributed by atoms with van der Waals surface area (Å²) in [5, 5.41) is 4.28. The van der Waals surface area contributed by atoms with Crippen LogP contribution < -0.4 is 0 Å². The number of nitrogens with zero attached hydrogens (tertiary/aromatic N) is 4. The zero-order valence-electron chi connectivity index (χ0n) is 35.6. The Bertz CT molecular complexity index is 3730. The van der Waals surface area contributed by atoms with Gasteiger partial charge in [0.2, 0.25) is 0 Å². The lowest BCUT2D eigenvalue weighted by molar-refractivity contribution is 0.661. The van der Waals surface area contributed by atoms with Gasteiger partial charge in [-0.2, -0.15) is 0 Å². The molecule has 0 radical (unpaired) electrons. The number of pyridine rings is 1. The molecule has 8 aromatic carbocycles. The van der Waals surface area contributed by atoms with Crippen molar-refractivity contribution < 1.29 is 8.83 Å². The molecule has 0 spiro atoms. The van der Waals surface area contributed by atoms with E-state index in [4.69, 9.17) is 23.8 Å². The van der Waals surface area contributed by atoms with Gasteiger partial charge in [0.15, 0.2) is 17.5 Å². The van der Waals surface area contributed by atoms with Gasteiger partial charge in [0, 0.05) is 67.2 Å². The molecule has 6 heteroatoms. The van der Waals surface area contributed by atoms with E-state index in [-0.39, 0.29) is 5.41 Å². The molecule has 12 aromatic rings. The molecule has 1 aliphatic rings. The average Bonchev–Trinajstić information content (AvgIpc) is 4.02. The van der Waals surface area contributed by atoms with Crippen LogP contribution in [0.25, 0.3) is 123 Å². The van der Waals surface area contributed by atoms with Gasteiger partial charge in [0.1, 0.15) is 22.3 Å². The predicted octanol–water partition coefficient (Wildman–Crippen LogP) is 15.4. The van der Waals surface area contributed by atoms with Crippen molar-refractivity contribution in [1.29, 1.82) is 0 Å². The first-order valence-corrected chi connectivity index (χ1v) is 21.9. The van der Waals surface area contributed by atoms with Crippen molar-refractivity contribution in [2.75, 3.05) is 0 Å². The first-order chi connectivity index (χ1) is 32.0. The van der Waals surface area contributed by atoms with Crippen molar-refractivity contribution in [2.45, 2.75) is 19.3 Å². The zero-order valence-corrected chi connectivity index (χ0v) is 35.6. The van der Waals surface area contributed by atoms with E-state index in [1.807, 2.05) is 36.5 Å². The SMILES string of the molecule is CC1(C)c2ccccc2-c2cccc(-c3nc(-c4ccc(-c5cccnc5)cc4)nc(-c4cc(-c5cccc6c5oc5ccccc56)cc(-c5cccc6c5oc5ccccc56)c4)n3)c21. The van der Waals surface area contributed by atoms with Crippen molar-refractivity contribution >= 4 is 43.9 Å². The van der Waals surface area contributed by atoms with Crippen LogP contribution in [-0.4, -0.2) is 19.9 Å². The quantitative estimate of drug-likeness (QED) is 0.166. The number of para-hydroxylation sites is 4. The van der Waals surface area contributed by atoms with Crippen molar-refractivity contribution in [2.24, 2.45) is 0 Å². The normalized spacial score (nSPS) is 12.9. The Kier molecular flexibility index (Phi) is 8.15. The topological polar surface area (TPSA) is 77.8 Å². The summed E-state index contributed by atoms with van der Waals surface area (Å²) < 4.78 is 13.3. The number of fused-ring (bicyclic) bond motifs is 9. The third-order valence-electron chi connectivity index (χ3n) is 13.2. The van der Waals surface area contributed by atoms with Crippen LogP contribution in [0.3, 0.4) is 0 Å². The molecule has 0 unspecified atom stereocenters. The summed E-state index contributed by atoms with van der Waals surface area (Å²) in [7, 11) is 0. The van der Waals surface area contributed by atoms with E-state index in [9.17, 15) is 0 Å². The molecular formula is C59H38N4O2. The monoisotopic (exact) mass is 834 g/mol. The van der Waals surface area contributed by atoms with Crippen LogP contribution in [0.15, 0.2) is 203 Å². The summed E-state index contributed by atoms with van der Waals surface area (Å²) >= 11 is 0. The predicted molar refractivity (Wildman–Crippen MR) is 262 cm³/mol. The highest BCUT2D eigenvalue weighted by atomic mass is 16.3. The second kappa shape index (κ2) is 14.3. The van der Waals surface area contributed by atoms with Gasteiger partial charge in [-0.1, -0.05) is 159 Å². The third kappa shape index (κ3) is 5.88. The molecule has 0 saturated carbocycles. The molecule has 0 aliphatic heterocycles. The molecule has 0 atom stereocenters. The van der Waals surface area contributed by atoms with Gasteiger partial charge < -0.3 is 8.83 Å². The van der Waals surface area contributed by atoms with E-state index in [0.717, 1.165) is 93.9 Å². The smallest absolute Gasteiger partial charge is 0.164 e. The lowest BCUT2D eigenvalue weighted by Gasteiger charge is -2.24. The molecule has 4 aromatic heterocycles. The first-order valence-electron chi connectivity index (χ1n) is 21.9. The molecule has 0 fully saturated rings. The number of hydrogen-bond acceptors (Lipinski definition) is 6. The Labute approximate surface area is 374 Å². The second-order valence-electron chi connectivity index (χ2n) is 17.4. The van der Waals surface area contributed by atoms with Crippen LogP contribution in [0.1, 0.15) is 25.0 Å². The van der Waals surface area contributed by atoms with E-state index in [0.29, 0.717) is 17.5 Å². The zero-order chi connectivity index (χ0) is 43.2. The lowest BCUT2D eigenvalue weighted by atomic mass is 9.80. The molecule has 6 nitrogen and oxygen atoms in total. The third-order valence-corrected chi connectivity index (χ3v) is 13.2. The van der Waals surface area contributed by atoms with Crippen molar-refractivity contribution in [3.05, 3.63) is 206 Å². The number of furan rings is 2. The molecule has 4 heterocycles. The Morgan fingerprint density at radius 1 is 0.369 bits per heavy atom. The van der Waals surface area contributed by atoms with Crippen LogP contribution in [0.2, 0.25) is 0 Å². The fraction of sp³-hybridized carbons (Fsp3) is 0.0508. The maximum atomic E-state index is 6.66. The highest BCUT2D eigenvalue weighted by Gasteiger charge is 2.38. The number of aromatic nitrogens is 4. The largest absolute Gasteiger partial charge is 0.455 e. The van der Waals surface area contributed by atoms with Gasteiger partial charge in [-0.25, -0.2) is 15.0 Å². The van der Waals surface area contributed by atoms with Crippen molar-refractivity contribution in [3.63, 3.8) is 0 Å². The molecule has 13 rings (SSSR count). The number of rotatable bonds is 6. The van der Waals surface area contributed by atoms with Gasteiger partial charge in [-0.15, -0.1) is 0 Å². The molecule has 0 saturated heterocycles. The van der Waals surface area contributed by atoms with Crippen molar-refractivity contribution in [1.82, 2.24) is 19.9 Å². The standard InChI is InChI=1S/C59H38N4O2/c1-59(2)50-23-6-3-14-43(50)46-19-11-22-49(53(46)59)58-62-56(36-28-26-35(27-29-36)37-13-12-30-60-34-37)61-57(63-58)40-32-38(41-17-9-20-47-44-15-4-7-24-51(44)64-54(41)47)31-39(33-40)42-18-10-21-48-45-16-5-8-25-52(45)65-55(42)48/h3-34H,1-2H3. The van der Waals surface area contributed by atoms with Crippen LogP contribution in [0.4, 0.5) is 0 Å². The van der Waals surface area contributed by atoms with E-state index in [1.165, 1.54) is 22.3 Å². The van der Waals surface area contributed by atoms with Gasteiger partial charge in [-0.3, -0.25) is 4.98 Å². The van der Waals surface area contributed by atoms with E-state index < -0.39 is 0 Å². The maximum absolute atomic E-state index is 6.66. The van der Waals surface area contributed by atoms with E-state index in [1.54, 1.807) is 6.20 Å². The maximum Gasteiger partial charge on any atom is 0.164 e. The summed E-state index contributed by atoms with van der Waals surface area (Å²) in [6, 6.07) is 63.4. The van der Waals surface area contributed by atoms with Crippen LogP contribution in [0.5, 0.6) is 0 Å². The number of benzene rings is 8. The summed E-state index contributed by atoms with van der Waals surface area (Å²) in [6.45, 7) is 4.60. The highest BCUT2D eigenvalue weighted by Crippen LogP contribution is 2.52. The minimum Gasteiger partial charge on any atom is -0.455 e. The Morgan fingerprint density at radius 3 is 1.54 bits per heavy atom. The van der Waals surface area contributed by atoms with Crippen LogP contribution in [-0.2, 0) is 5.41 Å². The molecule has 0 N–H and O–H groups in total. The second-order valence-corrected chi connectivity index (χ2v) is 17.4. The summed E-state index contributed by atoms with van der Waals surface area (Å²) in [5.41, 5.74) is 16.7. The Hall–Kier alpha value is -8.48. The van der Waals surface area contributed by atoms with Crippen LogP contribution >= 0.6 is 0 Å². The van der Waals surface area contributed by atoms with Gasteiger partial charge in [0.25, 0.3) is 0 Å². The van der Waals surface area contributed by atoms with E-state index in [2.05, 4.69) is 170 Å². The fourth-order valence-corrected chi connectivity index (χ4v) is 10.2. The van der Waals surface area contributed by atoms with Gasteiger partial charge in [0.05, 0.1) is 0 Å². The lowest BCUT2D eigenvalue weighted by Crippen LogP contribution is -2.17. The summed E-state index contributed by atoms with van der Waals surface area (Å²) in [5.74, 6) is 1.76. The van der Waals surface area contributed by atoms with Gasteiger partial charge in [-0.05, 0) is 80.9 Å². The number of hydrogen-bond donors (Lipinski definition) is 0. The molecule has 65 heavy (non-hydrogen) atoms. The van der Waals surface area contributed by atoms with Crippen molar-refractivity contribution in [3.8, 4) is 78.7 Å². The minimum atomic E-state index is -0.287. The molecule has 0 amide bonds. The highest BCUT2D eigenvalue weighted by molar-refractivity contribution is 6.11. The molecule has 1 aliphatic carbocycles.